The largest absolute Gasteiger partial charge is 0.506 e. The topological polar surface area (TPSA) is 130 Å². The number of nitrogens with zero attached hydrogens (tertiary/aromatic N) is 7. The van der Waals surface area contributed by atoms with E-state index in [1.807, 2.05) is 17.9 Å². The molecule has 47 heavy (non-hydrogen) atoms. The highest BCUT2D eigenvalue weighted by molar-refractivity contribution is 6.33. The number of piperazine rings is 1. The molecule has 0 bridgehead atoms. The van der Waals surface area contributed by atoms with E-state index < -0.39 is 17.6 Å². The van der Waals surface area contributed by atoms with Crippen LogP contribution in [-0.2, 0) is 35.2 Å². The van der Waals surface area contributed by atoms with E-state index in [0.717, 1.165) is 23.8 Å². The molecule has 2 aliphatic heterocycles. The predicted molar refractivity (Wildman–Crippen MR) is 169 cm³/mol. The number of ether oxygens (including phenoxy) is 1. The van der Waals surface area contributed by atoms with Crippen molar-refractivity contribution in [1.82, 2.24) is 29.0 Å². The quantitative estimate of drug-likeness (QED) is 0.285. The first-order valence-corrected chi connectivity index (χ1v) is 15.5. The number of pyridine rings is 1. The van der Waals surface area contributed by atoms with Crippen LogP contribution in [0.1, 0.15) is 36.1 Å². The number of benzene rings is 1. The Bertz CT molecular complexity index is 1900. The minimum atomic E-state index is -4.59. The highest BCUT2D eigenvalue weighted by Gasteiger charge is 2.31. The van der Waals surface area contributed by atoms with Crippen molar-refractivity contribution >= 4 is 40.2 Å². The SMILES string of the molecule is CCc1c(N2CCN(Cc3ncccc3O)CC2)c(=O)n2nc(C3=CCOCC3)nc2n1CC(=O)Nc1ccc(C(F)(F)F)cc1Cl. The van der Waals surface area contributed by atoms with E-state index in [9.17, 15) is 27.9 Å². The molecule has 6 rings (SSSR count). The standard InChI is InChI=1S/C31H32ClF3N8O4/c1-2-24-27(41-12-10-40(11-13-41)17-23-25(44)4-3-9-36-23)29(46)43-30(38-28(39-43)19-7-14-47-15-8-19)42(24)18-26(45)37-22-6-5-20(16-21(22)32)31(33,34)35/h3-7,9,16,44H,2,8,10-15,17-18H2,1H3,(H,37,45). The number of anilines is 2. The second-order valence-electron chi connectivity index (χ2n) is 11.2. The Morgan fingerprint density at radius 3 is 2.62 bits per heavy atom. The maximum absolute atomic E-state index is 14.1. The average Bonchev–Trinajstić information content (AvgIpc) is 3.51. The highest BCUT2D eigenvalue weighted by atomic mass is 35.5. The number of rotatable bonds is 8. The van der Waals surface area contributed by atoms with Crippen LogP contribution in [0.4, 0.5) is 24.5 Å². The molecule has 3 aromatic heterocycles. The molecule has 0 atom stereocenters. The van der Waals surface area contributed by atoms with Crippen molar-refractivity contribution in [3.05, 3.63) is 80.8 Å². The molecule has 0 radical (unpaired) electrons. The normalized spacial score (nSPS) is 16.0. The molecule has 0 saturated carbocycles. The second kappa shape index (κ2) is 13.3. The molecule has 4 aromatic rings. The van der Waals surface area contributed by atoms with Gasteiger partial charge in [-0.25, -0.2) is 0 Å². The average molecular weight is 673 g/mol. The first-order chi connectivity index (χ1) is 22.5. The number of halogens is 4. The fourth-order valence-corrected chi connectivity index (χ4v) is 6.04. The number of hydrogen-bond donors (Lipinski definition) is 2. The van der Waals surface area contributed by atoms with Gasteiger partial charge in [0.25, 0.3) is 5.56 Å². The van der Waals surface area contributed by atoms with Crippen LogP contribution < -0.4 is 15.8 Å². The van der Waals surface area contributed by atoms with Gasteiger partial charge in [-0.2, -0.15) is 22.7 Å². The summed E-state index contributed by atoms with van der Waals surface area (Å²) in [5.74, 6) is 0.0576. The number of nitrogens with one attached hydrogen (secondary N) is 1. The Morgan fingerprint density at radius 1 is 1.17 bits per heavy atom. The van der Waals surface area contributed by atoms with Gasteiger partial charge >= 0.3 is 6.18 Å². The monoisotopic (exact) mass is 672 g/mol. The lowest BCUT2D eigenvalue weighted by Crippen LogP contribution is -2.48. The number of amides is 1. The Labute approximate surface area is 272 Å². The van der Waals surface area contributed by atoms with Crippen LogP contribution in [0.25, 0.3) is 11.4 Å². The van der Waals surface area contributed by atoms with Crippen LogP contribution in [-0.4, -0.2) is 79.5 Å². The second-order valence-corrected chi connectivity index (χ2v) is 11.6. The predicted octanol–water partition coefficient (Wildman–Crippen LogP) is 3.99. The molecule has 1 aromatic carbocycles. The number of fused-ring (bicyclic) bond motifs is 1. The lowest BCUT2D eigenvalue weighted by Gasteiger charge is -2.36. The summed E-state index contributed by atoms with van der Waals surface area (Å²) in [6.07, 6.45) is -0.180. The van der Waals surface area contributed by atoms with Gasteiger partial charge in [-0.05, 0) is 48.7 Å². The fourth-order valence-electron chi connectivity index (χ4n) is 5.81. The third-order valence-corrected chi connectivity index (χ3v) is 8.52. The summed E-state index contributed by atoms with van der Waals surface area (Å²) in [5, 5.41) is 17.1. The van der Waals surface area contributed by atoms with Gasteiger partial charge in [0.1, 0.15) is 18.0 Å². The zero-order chi connectivity index (χ0) is 33.3. The lowest BCUT2D eigenvalue weighted by atomic mass is 10.1. The zero-order valence-electron chi connectivity index (χ0n) is 25.4. The third-order valence-electron chi connectivity index (χ3n) is 8.21. The molecular formula is C31H32ClF3N8O4. The minimum absolute atomic E-state index is 0.0181. The molecule has 0 aliphatic carbocycles. The molecule has 16 heteroatoms. The van der Waals surface area contributed by atoms with Crippen molar-refractivity contribution in [3.8, 4) is 5.75 Å². The van der Waals surface area contributed by atoms with Crippen molar-refractivity contribution < 1.29 is 27.8 Å². The Hall–Kier alpha value is -4.47. The van der Waals surface area contributed by atoms with E-state index in [4.69, 9.17) is 16.3 Å². The van der Waals surface area contributed by atoms with Crippen molar-refractivity contribution in [1.29, 1.82) is 0 Å². The first kappa shape index (κ1) is 32.5. The minimum Gasteiger partial charge on any atom is -0.506 e. The molecule has 0 spiro atoms. The van der Waals surface area contributed by atoms with Crippen molar-refractivity contribution in [2.45, 2.75) is 39.0 Å². The van der Waals surface area contributed by atoms with Gasteiger partial charge in [0, 0.05) is 38.9 Å². The molecule has 248 valence electrons. The molecule has 0 unspecified atom stereocenters. The summed E-state index contributed by atoms with van der Waals surface area (Å²) in [5.41, 5.74) is 1.04. The van der Waals surface area contributed by atoms with Crippen molar-refractivity contribution in [2.75, 3.05) is 49.6 Å². The van der Waals surface area contributed by atoms with E-state index >= 15 is 0 Å². The van der Waals surface area contributed by atoms with Gasteiger partial charge in [0.15, 0.2) is 5.82 Å². The number of carbonyl (C=O) groups excluding carboxylic acids is 1. The van der Waals surface area contributed by atoms with Gasteiger partial charge < -0.3 is 24.6 Å². The summed E-state index contributed by atoms with van der Waals surface area (Å²) in [6, 6.07) is 5.96. The van der Waals surface area contributed by atoms with E-state index in [0.29, 0.717) is 81.7 Å². The van der Waals surface area contributed by atoms with E-state index in [-0.39, 0.29) is 34.3 Å². The summed E-state index contributed by atoms with van der Waals surface area (Å²) in [6.45, 7) is 5.01. The third kappa shape index (κ3) is 6.82. The van der Waals surface area contributed by atoms with Gasteiger partial charge in [0.05, 0.1) is 40.9 Å². The van der Waals surface area contributed by atoms with Crippen LogP contribution in [0.5, 0.6) is 5.75 Å². The van der Waals surface area contributed by atoms with E-state index in [1.54, 1.807) is 22.9 Å². The van der Waals surface area contributed by atoms with Gasteiger partial charge in [-0.3, -0.25) is 19.5 Å². The molecule has 2 N–H and O–H groups in total. The molecule has 5 heterocycles. The molecule has 12 nitrogen and oxygen atoms in total. The molecule has 1 fully saturated rings. The lowest BCUT2D eigenvalue weighted by molar-refractivity contribution is -0.137. The van der Waals surface area contributed by atoms with Crippen LogP contribution in [0.3, 0.4) is 0 Å². The Balaban J connectivity index is 1.34. The van der Waals surface area contributed by atoms with Crippen molar-refractivity contribution in [2.24, 2.45) is 0 Å². The summed E-state index contributed by atoms with van der Waals surface area (Å²) < 4.78 is 47.7. The molecule has 2 aliphatic rings. The van der Waals surface area contributed by atoms with E-state index in [1.165, 1.54) is 4.52 Å². The maximum Gasteiger partial charge on any atom is 0.416 e. The number of carbonyl (C=O) groups is 1. The van der Waals surface area contributed by atoms with Crippen LogP contribution >= 0.6 is 11.6 Å². The number of aromatic nitrogens is 5. The summed E-state index contributed by atoms with van der Waals surface area (Å²) in [4.78, 5) is 40.6. The zero-order valence-corrected chi connectivity index (χ0v) is 26.2. The summed E-state index contributed by atoms with van der Waals surface area (Å²) >= 11 is 6.11. The maximum atomic E-state index is 14.1. The molecule has 1 amide bonds. The fraction of sp³-hybridized carbons (Fsp3) is 0.387. The van der Waals surface area contributed by atoms with Crippen LogP contribution in [0, 0.1) is 0 Å². The van der Waals surface area contributed by atoms with E-state index in [2.05, 4.69) is 25.3 Å². The Morgan fingerprint density at radius 2 is 1.96 bits per heavy atom. The molecule has 1 saturated heterocycles. The van der Waals surface area contributed by atoms with Crippen molar-refractivity contribution in [3.63, 3.8) is 0 Å². The van der Waals surface area contributed by atoms with Gasteiger partial charge in [-0.1, -0.05) is 24.6 Å². The van der Waals surface area contributed by atoms with Gasteiger partial charge in [0.2, 0.25) is 11.7 Å². The number of alkyl halides is 3. The smallest absolute Gasteiger partial charge is 0.416 e. The highest BCUT2D eigenvalue weighted by Crippen LogP contribution is 2.34. The summed E-state index contributed by atoms with van der Waals surface area (Å²) in [7, 11) is 0. The molecular weight excluding hydrogens is 641 g/mol. The first-order valence-electron chi connectivity index (χ1n) is 15.1. The van der Waals surface area contributed by atoms with Gasteiger partial charge in [-0.15, -0.1) is 5.10 Å². The number of aromatic hydroxyl groups is 1. The Kier molecular flexibility index (Phi) is 9.21. The van der Waals surface area contributed by atoms with Crippen LogP contribution in [0.15, 0.2) is 47.4 Å². The number of hydrogen-bond acceptors (Lipinski definition) is 9. The van der Waals surface area contributed by atoms with Crippen LogP contribution in [0.2, 0.25) is 5.02 Å².